The zero-order valence-corrected chi connectivity index (χ0v) is 8.65. The number of hydrogen-bond donors (Lipinski definition) is 1. The van der Waals surface area contributed by atoms with E-state index >= 15 is 0 Å². The number of carboxylic acids is 1. The van der Waals surface area contributed by atoms with Crippen molar-refractivity contribution in [1.29, 1.82) is 0 Å². The van der Waals surface area contributed by atoms with Gasteiger partial charge in [0.1, 0.15) is 0 Å². The van der Waals surface area contributed by atoms with E-state index in [0.717, 1.165) is 0 Å². The van der Waals surface area contributed by atoms with Gasteiger partial charge in [-0.2, -0.15) is 0 Å². The number of carbonyl (C=O) groups is 1. The molecular formula is C9H7N3O2S. The summed E-state index contributed by atoms with van der Waals surface area (Å²) in [4.78, 5) is 11.3. The van der Waals surface area contributed by atoms with E-state index in [2.05, 4.69) is 10.2 Å². The van der Waals surface area contributed by atoms with E-state index in [1.165, 1.54) is 12.1 Å². The van der Waals surface area contributed by atoms with Crippen LogP contribution >= 0.6 is 12.2 Å². The molecule has 0 aliphatic rings. The molecule has 2 heterocycles. The van der Waals surface area contributed by atoms with Crippen LogP contribution in [0.5, 0.6) is 0 Å². The molecule has 0 aliphatic heterocycles. The SMILES string of the molecule is CC(=S)c1nnc2cc(C(=O)O)ccn12. The molecule has 0 fully saturated rings. The number of aromatic nitrogens is 3. The lowest BCUT2D eigenvalue weighted by Gasteiger charge is -1.97. The lowest BCUT2D eigenvalue weighted by molar-refractivity contribution is 0.0697. The van der Waals surface area contributed by atoms with Crippen molar-refractivity contribution in [3.05, 3.63) is 29.7 Å². The van der Waals surface area contributed by atoms with Crippen LogP contribution in [0.4, 0.5) is 0 Å². The quantitative estimate of drug-likeness (QED) is 0.609. The largest absolute Gasteiger partial charge is 0.478 e. The van der Waals surface area contributed by atoms with Gasteiger partial charge >= 0.3 is 5.97 Å². The lowest BCUT2D eigenvalue weighted by atomic mass is 10.2. The molecule has 0 spiro atoms. The highest BCUT2D eigenvalue weighted by atomic mass is 32.1. The van der Waals surface area contributed by atoms with Gasteiger partial charge < -0.3 is 5.11 Å². The second-order valence-electron chi connectivity index (χ2n) is 3.03. The van der Waals surface area contributed by atoms with E-state index < -0.39 is 5.97 Å². The molecule has 0 atom stereocenters. The lowest BCUT2D eigenvalue weighted by Crippen LogP contribution is -2.01. The Morgan fingerprint density at radius 1 is 1.53 bits per heavy atom. The monoisotopic (exact) mass is 221 g/mol. The highest BCUT2D eigenvalue weighted by molar-refractivity contribution is 7.80. The van der Waals surface area contributed by atoms with Gasteiger partial charge in [-0.1, -0.05) is 12.2 Å². The molecule has 2 rings (SSSR count). The molecule has 15 heavy (non-hydrogen) atoms. The molecule has 0 saturated carbocycles. The number of thiocarbonyl (C=S) groups is 1. The van der Waals surface area contributed by atoms with Crippen LogP contribution in [0.3, 0.4) is 0 Å². The van der Waals surface area contributed by atoms with Crippen molar-refractivity contribution in [2.24, 2.45) is 0 Å². The fraction of sp³-hybridized carbons (Fsp3) is 0.111. The Kier molecular flexibility index (Phi) is 2.20. The van der Waals surface area contributed by atoms with Crippen LogP contribution in [0.1, 0.15) is 23.1 Å². The van der Waals surface area contributed by atoms with Crippen LogP contribution in [0.15, 0.2) is 18.3 Å². The predicted molar refractivity (Wildman–Crippen MR) is 57.3 cm³/mol. The van der Waals surface area contributed by atoms with Gasteiger partial charge in [0.15, 0.2) is 11.5 Å². The van der Waals surface area contributed by atoms with Gasteiger partial charge in [0, 0.05) is 6.20 Å². The molecule has 0 aromatic carbocycles. The Morgan fingerprint density at radius 2 is 2.27 bits per heavy atom. The average Bonchev–Trinajstić information content (AvgIpc) is 2.59. The Morgan fingerprint density at radius 3 is 2.87 bits per heavy atom. The van der Waals surface area contributed by atoms with Gasteiger partial charge in [0.2, 0.25) is 0 Å². The van der Waals surface area contributed by atoms with Crippen molar-refractivity contribution in [1.82, 2.24) is 14.6 Å². The van der Waals surface area contributed by atoms with E-state index in [1.807, 2.05) is 0 Å². The second kappa shape index (κ2) is 3.39. The van der Waals surface area contributed by atoms with Gasteiger partial charge in [-0.3, -0.25) is 4.40 Å². The van der Waals surface area contributed by atoms with Crippen molar-refractivity contribution in [3.8, 4) is 0 Å². The Balaban J connectivity index is 2.66. The molecule has 0 radical (unpaired) electrons. The molecular weight excluding hydrogens is 214 g/mol. The summed E-state index contributed by atoms with van der Waals surface area (Å²) < 4.78 is 1.66. The topological polar surface area (TPSA) is 67.5 Å². The highest BCUT2D eigenvalue weighted by Gasteiger charge is 2.09. The first-order valence-corrected chi connectivity index (χ1v) is 4.59. The third-order valence-electron chi connectivity index (χ3n) is 1.97. The maximum absolute atomic E-state index is 10.7. The molecule has 2 aromatic rings. The minimum Gasteiger partial charge on any atom is -0.478 e. The molecule has 1 N–H and O–H groups in total. The Hall–Kier alpha value is -1.82. The number of aromatic carboxylic acids is 1. The summed E-state index contributed by atoms with van der Waals surface area (Å²) in [6, 6.07) is 2.94. The minimum atomic E-state index is -0.985. The summed E-state index contributed by atoms with van der Waals surface area (Å²) in [6.07, 6.45) is 1.60. The van der Waals surface area contributed by atoms with E-state index in [4.69, 9.17) is 17.3 Å². The first-order chi connectivity index (χ1) is 7.09. The van der Waals surface area contributed by atoms with E-state index in [-0.39, 0.29) is 5.56 Å². The molecule has 6 heteroatoms. The van der Waals surface area contributed by atoms with Crippen LogP contribution in [-0.2, 0) is 0 Å². The first-order valence-electron chi connectivity index (χ1n) is 4.18. The summed E-state index contributed by atoms with van der Waals surface area (Å²) in [5.74, 6) is -0.418. The van der Waals surface area contributed by atoms with Crippen molar-refractivity contribution in [2.75, 3.05) is 0 Å². The van der Waals surface area contributed by atoms with Gasteiger partial charge in [0.25, 0.3) is 0 Å². The van der Waals surface area contributed by atoms with Crippen LogP contribution < -0.4 is 0 Å². The number of nitrogens with zero attached hydrogens (tertiary/aromatic N) is 3. The van der Waals surface area contributed by atoms with Crippen molar-refractivity contribution < 1.29 is 9.90 Å². The maximum Gasteiger partial charge on any atom is 0.335 e. The van der Waals surface area contributed by atoms with Crippen LogP contribution in [0.25, 0.3) is 5.65 Å². The minimum absolute atomic E-state index is 0.184. The Bertz CT molecular complexity index is 561. The number of carboxylic acid groups (broad SMARTS) is 1. The molecule has 0 saturated heterocycles. The predicted octanol–water partition coefficient (Wildman–Crippen LogP) is 1.17. The third-order valence-corrected chi connectivity index (χ3v) is 2.15. The van der Waals surface area contributed by atoms with E-state index in [0.29, 0.717) is 16.3 Å². The average molecular weight is 221 g/mol. The van der Waals surface area contributed by atoms with Crippen LogP contribution in [0, 0.1) is 0 Å². The third kappa shape index (κ3) is 1.59. The van der Waals surface area contributed by atoms with Gasteiger partial charge in [-0.25, -0.2) is 4.79 Å². The summed E-state index contributed by atoms with van der Waals surface area (Å²) in [7, 11) is 0. The normalized spacial score (nSPS) is 10.5. The first kappa shape index (κ1) is 9.72. The van der Waals surface area contributed by atoms with Crippen LogP contribution in [-0.4, -0.2) is 30.5 Å². The van der Waals surface area contributed by atoms with Crippen molar-refractivity contribution in [2.45, 2.75) is 6.92 Å². The molecule has 5 nitrogen and oxygen atoms in total. The fourth-order valence-corrected chi connectivity index (χ4v) is 1.40. The summed E-state index contributed by atoms with van der Waals surface area (Å²) in [6.45, 7) is 1.75. The number of rotatable bonds is 2. The zero-order valence-electron chi connectivity index (χ0n) is 7.84. The van der Waals surface area contributed by atoms with E-state index in [1.54, 1.807) is 17.5 Å². The molecule has 0 aliphatic carbocycles. The van der Waals surface area contributed by atoms with Crippen LogP contribution in [0.2, 0.25) is 0 Å². The van der Waals surface area contributed by atoms with E-state index in [9.17, 15) is 4.79 Å². The maximum atomic E-state index is 10.7. The second-order valence-corrected chi connectivity index (χ2v) is 3.64. The number of hydrogen-bond acceptors (Lipinski definition) is 4. The smallest absolute Gasteiger partial charge is 0.335 e. The fourth-order valence-electron chi connectivity index (χ4n) is 1.26. The molecule has 0 amide bonds. The highest BCUT2D eigenvalue weighted by Crippen LogP contribution is 2.08. The number of pyridine rings is 1. The van der Waals surface area contributed by atoms with Gasteiger partial charge in [-0.05, 0) is 19.1 Å². The molecule has 2 aromatic heterocycles. The molecule has 76 valence electrons. The standard InChI is InChI=1S/C9H7N3O2S/c1-5(15)8-11-10-7-4-6(9(13)14)2-3-12(7)8/h2-4H,1H3,(H,13,14). The molecule has 0 bridgehead atoms. The summed E-state index contributed by atoms with van der Waals surface area (Å²) in [5.41, 5.74) is 0.664. The van der Waals surface area contributed by atoms with Gasteiger partial charge in [0.05, 0.1) is 10.4 Å². The Labute approximate surface area is 90.4 Å². The van der Waals surface area contributed by atoms with Gasteiger partial charge in [-0.15, -0.1) is 10.2 Å². The van der Waals surface area contributed by atoms with Crippen molar-refractivity contribution >= 4 is 28.7 Å². The van der Waals surface area contributed by atoms with Crippen molar-refractivity contribution in [3.63, 3.8) is 0 Å². The summed E-state index contributed by atoms with van der Waals surface area (Å²) in [5, 5.41) is 16.5. The molecule has 0 unspecified atom stereocenters. The zero-order chi connectivity index (χ0) is 11.0. The summed E-state index contributed by atoms with van der Waals surface area (Å²) >= 11 is 4.99. The number of fused-ring (bicyclic) bond motifs is 1.